The number of fused-ring (bicyclic) bond motifs is 4. The lowest BCUT2D eigenvalue weighted by atomic mass is 9.74. The molecule has 5 heteroatoms. The summed E-state index contributed by atoms with van der Waals surface area (Å²) in [6.07, 6.45) is 2.39. The minimum Gasteiger partial charge on any atom is -0.326 e. The van der Waals surface area contributed by atoms with Crippen molar-refractivity contribution >= 4 is 46.4 Å². The molecule has 1 unspecified atom stereocenters. The summed E-state index contributed by atoms with van der Waals surface area (Å²) in [6, 6.07) is 26.9. The first-order chi connectivity index (χ1) is 18.4. The molecule has 38 heavy (non-hydrogen) atoms. The van der Waals surface area contributed by atoms with Gasteiger partial charge in [0.15, 0.2) is 5.78 Å². The van der Waals surface area contributed by atoms with E-state index in [-0.39, 0.29) is 23.9 Å². The number of amides is 1. The maximum absolute atomic E-state index is 13.9. The van der Waals surface area contributed by atoms with E-state index in [2.05, 4.69) is 5.32 Å². The van der Waals surface area contributed by atoms with E-state index in [0.29, 0.717) is 22.7 Å². The van der Waals surface area contributed by atoms with E-state index in [4.69, 9.17) is 11.6 Å². The van der Waals surface area contributed by atoms with Gasteiger partial charge in [0.05, 0.1) is 0 Å². The van der Waals surface area contributed by atoms with Crippen LogP contribution in [0, 0.1) is 10.4 Å². The predicted octanol–water partition coefficient (Wildman–Crippen LogP) is 5.06. The van der Waals surface area contributed by atoms with Gasteiger partial charge in [-0.2, -0.15) is 0 Å². The summed E-state index contributed by atoms with van der Waals surface area (Å²) in [6.45, 7) is 1.47. The summed E-state index contributed by atoms with van der Waals surface area (Å²) >= 11 is 6.11. The number of hydrogen-bond donors (Lipinski definition) is 1. The van der Waals surface area contributed by atoms with Crippen molar-refractivity contribution in [2.75, 3.05) is 5.32 Å². The van der Waals surface area contributed by atoms with Gasteiger partial charge in [-0.25, -0.2) is 0 Å². The summed E-state index contributed by atoms with van der Waals surface area (Å²) < 4.78 is 0. The molecule has 0 aromatic heterocycles. The van der Waals surface area contributed by atoms with Crippen LogP contribution in [0.5, 0.6) is 0 Å². The fourth-order valence-corrected chi connectivity index (χ4v) is 5.81. The minimum atomic E-state index is -0.467. The molecule has 4 aromatic rings. The fraction of sp³-hybridized carbons (Fsp3) is 0.121. The van der Waals surface area contributed by atoms with Crippen molar-refractivity contribution in [1.29, 1.82) is 0 Å². The second kappa shape index (κ2) is 9.55. The Morgan fingerprint density at radius 2 is 1.66 bits per heavy atom. The summed E-state index contributed by atoms with van der Waals surface area (Å²) in [7, 11) is 0. The molecule has 0 aliphatic heterocycles. The van der Waals surface area contributed by atoms with Gasteiger partial charge < -0.3 is 5.32 Å². The number of benzene rings is 4. The van der Waals surface area contributed by atoms with Gasteiger partial charge in [-0.05, 0) is 79.9 Å². The third-order valence-corrected chi connectivity index (χ3v) is 7.58. The first kappa shape index (κ1) is 24.1. The van der Waals surface area contributed by atoms with Crippen LogP contribution in [-0.4, -0.2) is 17.5 Å². The third-order valence-electron chi connectivity index (χ3n) is 7.33. The smallest absolute Gasteiger partial charge is 0.221 e. The first-order valence-corrected chi connectivity index (χ1v) is 12.9. The van der Waals surface area contributed by atoms with Gasteiger partial charge >= 0.3 is 0 Å². The number of nitrogens with one attached hydrogen (secondary N) is 1. The summed E-state index contributed by atoms with van der Waals surface area (Å²) in [5.41, 5.74) is 4.74. The number of ketones is 2. The van der Waals surface area contributed by atoms with E-state index >= 15 is 0 Å². The normalized spacial score (nSPS) is 15.7. The highest BCUT2D eigenvalue weighted by Gasteiger charge is 2.33. The van der Waals surface area contributed by atoms with Gasteiger partial charge in [0, 0.05) is 35.5 Å². The van der Waals surface area contributed by atoms with Gasteiger partial charge in [-0.3, -0.25) is 14.4 Å². The molecule has 186 valence electrons. The Bertz CT molecular complexity index is 1870. The van der Waals surface area contributed by atoms with Crippen molar-refractivity contribution < 1.29 is 14.4 Å². The number of anilines is 1. The monoisotopic (exact) mass is 517 g/mol. The van der Waals surface area contributed by atoms with E-state index < -0.39 is 5.92 Å². The Labute approximate surface area is 224 Å². The third kappa shape index (κ3) is 4.27. The van der Waals surface area contributed by atoms with Crippen molar-refractivity contribution in [2.24, 2.45) is 0 Å². The van der Waals surface area contributed by atoms with Gasteiger partial charge in [-0.1, -0.05) is 72.3 Å². The number of rotatable bonds is 4. The van der Waals surface area contributed by atoms with Crippen molar-refractivity contribution in [1.82, 2.24) is 0 Å². The molecule has 0 saturated heterocycles. The highest BCUT2D eigenvalue weighted by atomic mass is 35.5. The molecule has 0 spiro atoms. The molecule has 0 bridgehead atoms. The average molecular weight is 518 g/mol. The molecule has 0 heterocycles. The number of hydrogen-bond acceptors (Lipinski definition) is 3. The lowest BCUT2D eigenvalue weighted by molar-refractivity contribution is -0.119. The number of halogens is 1. The lowest BCUT2D eigenvalue weighted by Crippen LogP contribution is -2.33. The maximum Gasteiger partial charge on any atom is 0.221 e. The van der Waals surface area contributed by atoms with Crippen molar-refractivity contribution in [3.8, 4) is 0 Å². The summed E-state index contributed by atoms with van der Waals surface area (Å²) in [4.78, 5) is 39.2. The highest BCUT2D eigenvalue weighted by Crippen LogP contribution is 2.34. The van der Waals surface area contributed by atoms with Crippen LogP contribution >= 0.6 is 11.6 Å². The first-order valence-electron chi connectivity index (χ1n) is 12.6. The number of carbonyl (C=O) groups is 3. The van der Waals surface area contributed by atoms with Gasteiger partial charge in [0.1, 0.15) is 5.78 Å². The van der Waals surface area contributed by atoms with Crippen LogP contribution in [0.3, 0.4) is 0 Å². The Morgan fingerprint density at radius 3 is 2.45 bits per heavy atom. The zero-order valence-electron chi connectivity index (χ0n) is 20.8. The fourth-order valence-electron chi connectivity index (χ4n) is 5.69. The highest BCUT2D eigenvalue weighted by molar-refractivity contribution is 6.30. The molecular weight excluding hydrogens is 494 g/mol. The molecule has 4 nitrogen and oxygen atoms in total. The second-order valence-electron chi connectivity index (χ2n) is 9.81. The van der Waals surface area contributed by atoms with E-state index in [1.165, 1.54) is 6.92 Å². The molecule has 4 aromatic carbocycles. The molecule has 1 N–H and O–H groups in total. The van der Waals surface area contributed by atoms with Crippen LogP contribution in [-0.2, 0) is 16.0 Å². The van der Waals surface area contributed by atoms with Crippen LogP contribution in [0.1, 0.15) is 46.3 Å². The molecule has 2 aliphatic rings. The number of Topliss-reactive ketones (excluding diaryl/α,β-unsaturated/α-hetero) is 2. The van der Waals surface area contributed by atoms with Crippen LogP contribution in [0.4, 0.5) is 5.69 Å². The Kier molecular flexibility index (Phi) is 6.05. The summed E-state index contributed by atoms with van der Waals surface area (Å²) in [5, 5.41) is 7.10. The molecule has 0 radical (unpaired) electrons. The largest absolute Gasteiger partial charge is 0.326 e. The minimum absolute atomic E-state index is 0.0624. The molecule has 6 rings (SSSR count). The number of carbonyl (C=O) groups excluding carboxylic acids is 3. The van der Waals surface area contributed by atoms with Crippen LogP contribution in [0.25, 0.3) is 11.6 Å². The van der Waals surface area contributed by atoms with E-state index in [1.54, 1.807) is 6.08 Å². The van der Waals surface area contributed by atoms with E-state index in [1.807, 2.05) is 84.9 Å². The lowest BCUT2D eigenvalue weighted by Gasteiger charge is -2.27. The zero-order valence-corrected chi connectivity index (χ0v) is 21.5. The van der Waals surface area contributed by atoms with Crippen LogP contribution < -0.4 is 15.8 Å². The van der Waals surface area contributed by atoms with Gasteiger partial charge in [0.25, 0.3) is 0 Å². The van der Waals surface area contributed by atoms with E-state index in [9.17, 15) is 14.4 Å². The molecular formula is C33H24ClNO3. The van der Waals surface area contributed by atoms with Crippen molar-refractivity contribution in [3.63, 3.8) is 0 Å². The van der Waals surface area contributed by atoms with Gasteiger partial charge in [-0.15, -0.1) is 0 Å². The predicted molar refractivity (Wildman–Crippen MR) is 149 cm³/mol. The Morgan fingerprint density at radius 1 is 0.895 bits per heavy atom. The van der Waals surface area contributed by atoms with Gasteiger partial charge in [0.2, 0.25) is 5.91 Å². The molecule has 1 amide bonds. The second-order valence-corrected chi connectivity index (χ2v) is 10.2. The SMILES string of the molecule is CC(=O)Nc1cccc(C2=c3ccc4c(c3C(Cc3ccc(Cl)cc3)C(=O)C2)C(=O)C=c2ccccc2=4)c1. The Balaban J connectivity index is 1.66. The molecule has 2 aliphatic carbocycles. The van der Waals surface area contributed by atoms with Crippen molar-refractivity contribution in [2.45, 2.75) is 25.7 Å². The standard InChI is InChI=1S/C33H24ClNO3/c1-19(36)35-24-7-4-6-21(16-24)28-18-30(37)29(15-20-9-11-23(34)12-10-20)32-27(28)14-13-26-25-8-3-2-5-22(25)17-31(38)33(26)32/h2-14,16-17,29H,15,18H2,1H3,(H,35,36). The topological polar surface area (TPSA) is 63.2 Å². The average Bonchev–Trinajstić information content (AvgIpc) is 2.90. The quantitative estimate of drug-likeness (QED) is 0.411. The van der Waals surface area contributed by atoms with Crippen molar-refractivity contribution in [3.05, 3.63) is 133 Å². The molecule has 1 atom stereocenters. The molecule has 0 saturated carbocycles. The zero-order chi connectivity index (χ0) is 26.4. The maximum atomic E-state index is 13.9. The van der Waals surface area contributed by atoms with Crippen LogP contribution in [0.2, 0.25) is 5.02 Å². The molecule has 0 fully saturated rings. The van der Waals surface area contributed by atoms with Crippen LogP contribution in [0.15, 0.2) is 84.9 Å². The Hall–Kier alpha value is -4.28. The summed E-state index contributed by atoms with van der Waals surface area (Å²) in [5.74, 6) is -0.652. The van der Waals surface area contributed by atoms with E-state index in [0.717, 1.165) is 43.1 Å².